The number of hydrogen-bond acceptors (Lipinski definition) is 2. The lowest BCUT2D eigenvalue weighted by atomic mass is 9.95. The summed E-state index contributed by atoms with van der Waals surface area (Å²) in [6.07, 6.45) is 1.40. The Balaban J connectivity index is 2.21. The molecule has 1 N–H and O–H groups in total. The number of nitrogens with zero attached hydrogens (tertiary/aromatic N) is 1. The highest BCUT2D eigenvalue weighted by molar-refractivity contribution is 4.79. The van der Waals surface area contributed by atoms with Crippen LogP contribution in [0.15, 0.2) is 0 Å². The highest BCUT2D eigenvalue weighted by Gasteiger charge is 2.25. The van der Waals surface area contributed by atoms with Crippen molar-refractivity contribution in [3.05, 3.63) is 0 Å². The summed E-state index contributed by atoms with van der Waals surface area (Å²) in [7, 11) is 0. The molecule has 0 spiro atoms. The van der Waals surface area contributed by atoms with Gasteiger partial charge in [-0.3, -0.25) is 0 Å². The van der Waals surface area contributed by atoms with Crippen LogP contribution in [0.4, 0.5) is 0 Å². The molecule has 0 aromatic carbocycles. The third-order valence-electron chi connectivity index (χ3n) is 3.34. The molecule has 0 aromatic rings. The Labute approximate surface area is 89.1 Å². The lowest BCUT2D eigenvalue weighted by molar-refractivity contribution is 0.276. The summed E-state index contributed by atoms with van der Waals surface area (Å²) in [6, 6.07) is 0.644. The molecule has 1 fully saturated rings. The van der Waals surface area contributed by atoms with Crippen LogP contribution in [0.25, 0.3) is 0 Å². The number of hydrogen-bond donors (Lipinski definition) is 1. The fourth-order valence-corrected chi connectivity index (χ4v) is 2.37. The minimum absolute atomic E-state index is 0.644. The van der Waals surface area contributed by atoms with E-state index in [1.807, 2.05) is 0 Å². The van der Waals surface area contributed by atoms with E-state index >= 15 is 0 Å². The number of nitrogens with one attached hydrogen (secondary N) is 1. The van der Waals surface area contributed by atoms with E-state index in [2.05, 4.69) is 37.9 Å². The van der Waals surface area contributed by atoms with Crippen LogP contribution in [-0.4, -0.2) is 37.1 Å². The Morgan fingerprint density at radius 1 is 1.36 bits per heavy atom. The second kappa shape index (κ2) is 5.72. The highest BCUT2D eigenvalue weighted by Crippen LogP contribution is 2.23. The van der Waals surface area contributed by atoms with Gasteiger partial charge >= 0.3 is 0 Å². The quantitative estimate of drug-likeness (QED) is 0.726. The molecule has 0 amide bonds. The molecule has 1 heterocycles. The van der Waals surface area contributed by atoms with Gasteiger partial charge in [-0.15, -0.1) is 0 Å². The van der Waals surface area contributed by atoms with Crippen molar-refractivity contribution in [2.24, 2.45) is 11.8 Å². The zero-order valence-corrected chi connectivity index (χ0v) is 10.2. The molecule has 0 aromatic heterocycles. The Kier molecular flexibility index (Phi) is 4.90. The van der Waals surface area contributed by atoms with Gasteiger partial charge in [0.1, 0.15) is 0 Å². The van der Waals surface area contributed by atoms with Crippen molar-refractivity contribution < 1.29 is 0 Å². The van der Waals surface area contributed by atoms with Gasteiger partial charge in [-0.25, -0.2) is 0 Å². The Morgan fingerprint density at radius 2 is 2.07 bits per heavy atom. The largest absolute Gasteiger partial charge is 0.313 e. The van der Waals surface area contributed by atoms with Crippen LogP contribution in [0.3, 0.4) is 0 Å². The van der Waals surface area contributed by atoms with Gasteiger partial charge in [-0.2, -0.15) is 0 Å². The van der Waals surface area contributed by atoms with E-state index in [4.69, 9.17) is 0 Å². The van der Waals surface area contributed by atoms with Gasteiger partial charge in [0, 0.05) is 19.1 Å². The maximum Gasteiger partial charge on any atom is 0.0166 e. The molecule has 2 nitrogen and oxygen atoms in total. The number of likely N-dealkylation sites (tertiary alicyclic amines) is 1. The average molecular weight is 198 g/mol. The monoisotopic (exact) mass is 198 g/mol. The minimum Gasteiger partial charge on any atom is -0.313 e. The molecule has 2 heteroatoms. The van der Waals surface area contributed by atoms with E-state index in [0.717, 1.165) is 18.4 Å². The van der Waals surface area contributed by atoms with Gasteiger partial charge in [0.25, 0.3) is 0 Å². The average Bonchev–Trinajstić information content (AvgIpc) is 2.53. The van der Waals surface area contributed by atoms with Crippen LogP contribution in [0, 0.1) is 11.8 Å². The first kappa shape index (κ1) is 12.0. The third-order valence-corrected chi connectivity index (χ3v) is 3.34. The maximum atomic E-state index is 3.47. The molecule has 0 saturated carbocycles. The number of rotatable bonds is 5. The highest BCUT2D eigenvalue weighted by atomic mass is 15.2. The zero-order chi connectivity index (χ0) is 10.6. The summed E-state index contributed by atoms with van der Waals surface area (Å²) in [5, 5.41) is 3.47. The molecule has 1 aliphatic heterocycles. The fourth-order valence-electron chi connectivity index (χ4n) is 2.37. The van der Waals surface area contributed by atoms with Crippen molar-refractivity contribution in [2.75, 3.05) is 26.2 Å². The Bertz CT molecular complexity index is 156. The summed E-state index contributed by atoms with van der Waals surface area (Å²) >= 11 is 0. The van der Waals surface area contributed by atoms with Crippen LogP contribution in [0.2, 0.25) is 0 Å². The topological polar surface area (TPSA) is 15.3 Å². The second-order valence-electron chi connectivity index (χ2n) is 5.01. The minimum atomic E-state index is 0.644. The third kappa shape index (κ3) is 3.58. The molecule has 2 atom stereocenters. The normalized spacial score (nSPS) is 25.9. The summed E-state index contributed by atoms with van der Waals surface area (Å²) in [5.74, 6) is 1.79. The first-order chi connectivity index (χ1) is 6.63. The molecule has 1 saturated heterocycles. The predicted octanol–water partition coefficient (Wildman–Crippen LogP) is 1.96. The predicted molar refractivity (Wildman–Crippen MR) is 62.5 cm³/mol. The van der Waals surface area contributed by atoms with Gasteiger partial charge in [0.2, 0.25) is 0 Å². The molecule has 2 unspecified atom stereocenters. The van der Waals surface area contributed by atoms with Crippen molar-refractivity contribution in [3.63, 3.8) is 0 Å². The summed E-state index contributed by atoms with van der Waals surface area (Å²) in [5.41, 5.74) is 0. The lowest BCUT2D eigenvalue weighted by Crippen LogP contribution is -2.38. The molecule has 0 radical (unpaired) electrons. The molecule has 14 heavy (non-hydrogen) atoms. The fraction of sp³-hybridized carbons (Fsp3) is 1.00. The molecule has 0 aliphatic carbocycles. The van der Waals surface area contributed by atoms with Crippen LogP contribution < -0.4 is 5.32 Å². The van der Waals surface area contributed by atoms with Crippen molar-refractivity contribution in [2.45, 2.75) is 40.2 Å². The van der Waals surface area contributed by atoms with Crippen molar-refractivity contribution >= 4 is 0 Å². The zero-order valence-electron chi connectivity index (χ0n) is 10.2. The first-order valence-electron chi connectivity index (χ1n) is 6.09. The van der Waals surface area contributed by atoms with E-state index in [1.54, 1.807) is 0 Å². The van der Waals surface area contributed by atoms with E-state index in [1.165, 1.54) is 26.1 Å². The molecule has 1 rings (SSSR count). The smallest absolute Gasteiger partial charge is 0.0166 e. The van der Waals surface area contributed by atoms with Crippen LogP contribution in [0.1, 0.15) is 34.1 Å². The second-order valence-corrected chi connectivity index (χ2v) is 5.01. The van der Waals surface area contributed by atoms with Gasteiger partial charge in [0.15, 0.2) is 0 Å². The summed E-state index contributed by atoms with van der Waals surface area (Å²) in [4.78, 5) is 2.61. The first-order valence-corrected chi connectivity index (χ1v) is 6.09. The molecular formula is C12H26N2. The van der Waals surface area contributed by atoms with Crippen LogP contribution in [-0.2, 0) is 0 Å². The van der Waals surface area contributed by atoms with Gasteiger partial charge in [0.05, 0.1) is 0 Å². The molecule has 0 bridgehead atoms. The molecule has 84 valence electrons. The van der Waals surface area contributed by atoms with Crippen LogP contribution >= 0.6 is 0 Å². The summed E-state index contributed by atoms with van der Waals surface area (Å²) < 4.78 is 0. The SMILES string of the molecule is CCNC(C)CN1CCC(C(C)C)C1. The Hall–Kier alpha value is -0.0800. The van der Waals surface area contributed by atoms with Crippen molar-refractivity contribution in [1.82, 2.24) is 10.2 Å². The Morgan fingerprint density at radius 3 is 2.57 bits per heavy atom. The van der Waals surface area contributed by atoms with Crippen molar-refractivity contribution in [1.29, 1.82) is 0 Å². The van der Waals surface area contributed by atoms with Gasteiger partial charge in [-0.1, -0.05) is 20.8 Å². The molecular weight excluding hydrogens is 172 g/mol. The van der Waals surface area contributed by atoms with E-state index in [9.17, 15) is 0 Å². The maximum absolute atomic E-state index is 3.47. The summed E-state index contributed by atoms with van der Waals surface area (Å²) in [6.45, 7) is 14.1. The van der Waals surface area contributed by atoms with Gasteiger partial charge < -0.3 is 10.2 Å². The van der Waals surface area contributed by atoms with E-state index < -0.39 is 0 Å². The van der Waals surface area contributed by atoms with E-state index in [-0.39, 0.29) is 0 Å². The van der Waals surface area contributed by atoms with Gasteiger partial charge in [-0.05, 0) is 38.3 Å². The standard InChI is InChI=1S/C12H26N2/c1-5-13-11(4)8-14-7-6-12(9-14)10(2)3/h10-13H,5-9H2,1-4H3. The van der Waals surface area contributed by atoms with Crippen molar-refractivity contribution in [3.8, 4) is 0 Å². The number of likely N-dealkylation sites (N-methyl/N-ethyl adjacent to an activating group) is 1. The molecule has 1 aliphatic rings. The lowest BCUT2D eigenvalue weighted by Gasteiger charge is -2.22. The van der Waals surface area contributed by atoms with Crippen LogP contribution in [0.5, 0.6) is 0 Å². The van der Waals surface area contributed by atoms with E-state index in [0.29, 0.717) is 6.04 Å².